The van der Waals surface area contributed by atoms with Crippen LogP contribution in [0.15, 0.2) is 30.3 Å². The van der Waals surface area contributed by atoms with Crippen LogP contribution in [0.3, 0.4) is 0 Å². The van der Waals surface area contributed by atoms with Crippen molar-refractivity contribution in [3.8, 4) is 0 Å². The minimum absolute atomic E-state index is 0.115. The normalized spacial score (nSPS) is 11.2. The minimum atomic E-state index is -0.161. The fourth-order valence-electron chi connectivity index (χ4n) is 1.62. The Morgan fingerprint density at radius 2 is 1.88 bits per heavy atom. The molecule has 0 aliphatic rings. The summed E-state index contributed by atoms with van der Waals surface area (Å²) >= 11 is 0. The molecule has 16 heavy (non-hydrogen) atoms. The topological polar surface area (TPSA) is 26.3 Å². The molecule has 0 saturated carbocycles. The molecule has 1 aromatic carbocycles. The number of hydrogen-bond donors (Lipinski definition) is 0. The molecule has 2 heteroatoms. The third-order valence-corrected chi connectivity index (χ3v) is 2.61. The van der Waals surface area contributed by atoms with Gasteiger partial charge in [0.1, 0.15) is 0 Å². The van der Waals surface area contributed by atoms with Gasteiger partial charge in [0.05, 0.1) is 13.0 Å². The van der Waals surface area contributed by atoms with Crippen LogP contribution in [0.4, 0.5) is 0 Å². The molecular formula is C14H20O2. The van der Waals surface area contributed by atoms with Crippen molar-refractivity contribution in [3.05, 3.63) is 35.9 Å². The van der Waals surface area contributed by atoms with Gasteiger partial charge in [0.15, 0.2) is 0 Å². The number of rotatable bonds is 5. The van der Waals surface area contributed by atoms with E-state index in [2.05, 4.69) is 13.8 Å². The van der Waals surface area contributed by atoms with Crippen LogP contribution >= 0.6 is 0 Å². The lowest BCUT2D eigenvalue weighted by Gasteiger charge is -2.24. The molecule has 0 heterocycles. The highest BCUT2D eigenvalue weighted by molar-refractivity contribution is 5.71. The van der Waals surface area contributed by atoms with E-state index in [9.17, 15) is 4.79 Å². The number of hydrogen-bond acceptors (Lipinski definition) is 2. The van der Waals surface area contributed by atoms with Crippen molar-refractivity contribution in [2.24, 2.45) is 0 Å². The molecule has 0 radical (unpaired) electrons. The van der Waals surface area contributed by atoms with Crippen LogP contribution in [0.1, 0.15) is 39.2 Å². The van der Waals surface area contributed by atoms with Crippen molar-refractivity contribution in [1.29, 1.82) is 0 Å². The molecule has 0 aliphatic heterocycles. The van der Waals surface area contributed by atoms with E-state index in [1.54, 1.807) is 0 Å². The molecule has 0 atom stereocenters. The summed E-state index contributed by atoms with van der Waals surface area (Å²) < 4.78 is 5.11. The van der Waals surface area contributed by atoms with Crippen molar-refractivity contribution in [2.75, 3.05) is 6.61 Å². The lowest BCUT2D eigenvalue weighted by atomic mass is 9.82. The lowest BCUT2D eigenvalue weighted by molar-refractivity contribution is -0.144. The smallest absolute Gasteiger partial charge is 0.306 e. The molecule has 0 N–H and O–H groups in total. The van der Waals surface area contributed by atoms with Gasteiger partial charge in [0.25, 0.3) is 0 Å². The van der Waals surface area contributed by atoms with Gasteiger partial charge < -0.3 is 4.74 Å². The molecule has 88 valence electrons. The summed E-state index contributed by atoms with van der Waals surface area (Å²) in [6.45, 7) is 6.64. The summed E-state index contributed by atoms with van der Waals surface area (Å²) in [6, 6.07) is 10.1. The van der Waals surface area contributed by atoms with Crippen molar-refractivity contribution in [3.63, 3.8) is 0 Å². The third kappa shape index (κ3) is 3.69. The van der Waals surface area contributed by atoms with E-state index in [4.69, 9.17) is 4.74 Å². The van der Waals surface area contributed by atoms with Gasteiger partial charge in [0, 0.05) is 5.41 Å². The quantitative estimate of drug-likeness (QED) is 0.712. The van der Waals surface area contributed by atoms with Gasteiger partial charge >= 0.3 is 5.97 Å². The van der Waals surface area contributed by atoms with Crippen LogP contribution in [0, 0.1) is 0 Å². The van der Waals surface area contributed by atoms with Gasteiger partial charge in [0.2, 0.25) is 0 Å². The van der Waals surface area contributed by atoms with E-state index in [1.165, 1.54) is 5.56 Å². The minimum Gasteiger partial charge on any atom is -0.466 e. The van der Waals surface area contributed by atoms with E-state index < -0.39 is 0 Å². The highest BCUT2D eigenvalue weighted by Crippen LogP contribution is 2.26. The van der Waals surface area contributed by atoms with E-state index >= 15 is 0 Å². The Labute approximate surface area is 97.6 Å². The maximum absolute atomic E-state index is 11.6. The van der Waals surface area contributed by atoms with Crippen molar-refractivity contribution < 1.29 is 9.53 Å². The highest BCUT2D eigenvalue weighted by Gasteiger charge is 2.24. The first kappa shape index (κ1) is 12.8. The summed E-state index contributed by atoms with van der Waals surface area (Å²) in [7, 11) is 0. The monoisotopic (exact) mass is 220 g/mol. The Kier molecular flexibility index (Phi) is 4.53. The first-order chi connectivity index (χ1) is 7.56. The molecule has 0 saturated heterocycles. The number of benzene rings is 1. The Morgan fingerprint density at radius 1 is 1.25 bits per heavy atom. The predicted octanol–water partition coefficient (Wildman–Crippen LogP) is 3.31. The van der Waals surface area contributed by atoms with E-state index in [-0.39, 0.29) is 11.4 Å². The molecule has 0 spiro atoms. The number of carbonyl (C=O) groups excluding carboxylic acids is 1. The summed E-state index contributed by atoms with van der Waals surface area (Å²) in [4.78, 5) is 11.6. The zero-order valence-electron chi connectivity index (χ0n) is 10.3. The molecule has 0 unspecified atom stereocenters. The Morgan fingerprint density at radius 3 is 2.44 bits per heavy atom. The summed E-state index contributed by atoms with van der Waals surface area (Å²) in [6.07, 6.45) is 1.30. The second kappa shape index (κ2) is 5.69. The standard InChI is InChI=1S/C14H20O2/c1-4-10-16-13(15)11-14(2,3)12-8-6-5-7-9-12/h5-9H,4,10-11H2,1-3H3. The number of carbonyl (C=O) groups is 1. The first-order valence-electron chi connectivity index (χ1n) is 5.77. The van der Waals surface area contributed by atoms with Gasteiger partial charge in [-0.15, -0.1) is 0 Å². The Hall–Kier alpha value is -1.31. The van der Waals surface area contributed by atoms with Gasteiger partial charge in [-0.25, -0.2) is 0 Å². The molecule has 0 fully saturated rings. The first-order valence-corrected chi connectivity index (χ1v) is 5.77. The fraction of sp³-hybridized carbons (Fsp3) is 0.500. The van der Waals surface area contributed by atoms with Gasteiger partial charge in [-0.2, -0.15) is 0 Å². The second-order valence-electron chi connectivity index (χ2n) is 4.65. The van der Waals surface area contributed by atoms with Crippen molar-refractivity contribution in [2.45, 2.75) is 39.0 Å². The molecule has 0 aliphatic carbocycles. The van der Waals surface area contributed by atoms with Crippen molar-refractivity contribution >= 4 is 5.97 Å². The molecule has 1 aromatic rings. The third-order valence-electron chi connectivity index (χ3n) is 2.61. The Balaban J connectivity index is 2.61. The van der Waals surface area contributed by atoms with E-state index in [1.807, 2.05) is 37.3 Å². The van der Waals surface area contributed by atoms with Gasteiger partial charge in [-0.1, -0.05) is 51.1 Å². The zero-order valence-corrected chi connectivity index (χ0v) is 10.3. The van der Waals surface area contributed by atoms with Crippen LogP contribution in [0.25, 0.3) is 0 Å². The summed E-state index contributed by atoms with van der Waals surface area (Å²) in [5.74, 6) is -0.115. The molecule has 1 rings (SSSR count). The average Bonchev–Trinajstić information content (AvgIpc) is 2.27. The number of ether oxygens (including phenoxy) is 1. The fourth-order valence-corrected chi connectivity index (χ4v) is 1.62. The van der Waals surface area contributed by atoms with Gasteiger partial charge in [-0.3, -0.25) is 4.79 Å². The van der Waals surface area contributed by atoms with Crippen LogP contribution in [-0.2, 0) is 14.9 Å². The van der Waals surface area contributed by atoms with Crippen molar-refractivity contribution in [1.82, 2.24) is 0 Å². The molecule has 2 nitrogen and oxygen atoms in total. The van der Waals surface area contributed by atoms with Crippen LogP contribution in [0.2, 0.25) is 0 Å². The molecule has 0 aromatic heterocycles. The lowest BCUT2D eigenvalue weighted by Crippen LogP contribution is -2.23. The SMILES string of the molecule is CCCOC(=O)CC(C)(C)c1ccccc1. The zero-order chi connectivity index (χ0) is 12.0. The second-order valence-corrected chi connectivity index (χ2v) is 4.65. The maximum atomic E-state index is 11.6. The number of esters is 1. The summed E-state index contributed by atoms with van der Waals surface area (Å²) in [5, 5.41) is 0. The van der Waals surface area contributed by atoms with Gasteiger partial charge in [-0.05, 0) is 12.0 Å². The van der Waals surface area contributed by atoms with Crippen LogP contribution < -0.4 is 0 Å². The summed E-state index contributed by atoms with van der Waals surface area (Å²) in [5.41, 5.74) is 1.01. The van der Waals surface area contributed by atoms with Crippen LogP contribution in [-0.4, -0.2) is 12.6 Å². The molecule has 0 bridgehead atoms. The predicted molar refractivity (Wildman–Crippen MR) is 65.3 cm³/mol. The molecule has 0 amide bonds. The average molecular weight is 220 g/mol. The maximum Gasteiger partial charge on any atom is 0.306 e. The highest BCUT2D eigenvalue weighted by atomic mass is 16.5. The Bertz CT molecular complexity index is 328. The largest absolute Gasteiger partial charge is 0.466 e. The molecular weight excluding hydrogens is 200 g/mol. The van der Waals surface area contributed by atoms with E-state index in [0.29, 0.717) is 13.0 Å². The van der Waals surface area contributed by atoms with E-state index in [0.717, 1.165) is 6.42 Å². The van der Waals surface area contributed by atoms with Crippen LogP contribution in [0.5, 0.6) is 0 Å².